The van der Waals surface area contributed by atoms with Gasteiger partial charge in [-0.2, -0.15) is 13.2 Å². The molecule has 1 heterocycles. The van der Waals surface area contributed by atoms with Gasteiger partial charge in [-0.05, 0) is 37.1 Å². The van der Waals surface area contributed by atoms with Crippen LogP contribution >= 0.6 is 0 Å². The Morgan fingerprint density at radius 2 is 1.92 bits per heavy atom. The first-order chi connectivity index (χ1) is 11.1. The van der Waals surface area contributed by atoms with Gasteiger partial charge in [-0.1, -0.05) is 6.92 Å². The van der Waals surface area contributed by atoms with Crippen LogP contribution in [0.25, 0.3) is 0 Å². The maximum Gasteiger partial charge on any atom is 0.416 e. The van der Waals surface area contributed by atoms with Crippen LogP contribution in [0.3, 0.4) is 0 Å². The predicted octanol–water partition coefficient (Wildman–Crippen LogP) is 2.81. The van der Waals surface area contributed by atoms with E-state index in [1.165, 1.54) is 11.8 Å². The molecule has 1 aliphatic heterocycles. The monoisotopic (exact) mass is 346 g/mol. The Morgan fingerprint density at radius 1 is 1.25 bits per heavy atom. The SMILES string of the molecule is CCCN1CC(=O)N(Cc2cc(F)ccc2C(F)(F)F)[C@H](C)C1=O. The molecule has 2 amide bonds. The average Bonchev–Trinajstić information content (AvgIpc) is 2.48. The van der Waals surface area contributed by atoms with Crippen molar-refractivity contribution in [2.45, 2.75) is 39.0 Å². The number of nitrogens with zero attached hydrogens (tertiary/aromatic N) is 2. The molecule has 132 valence electrons. The van der Waals surface area contributed by atoms with Crippen LogP contribution in [0.5, 0.6) is 0 Å². The highest BCUT2D eigenvalue weighted by molar-refractivity contribution is 5.94. The molecule has 0 aliphatic carbocycles. The van der Waals surface area contributed by atoms with Crippen LogP contribution in [0.15, 0.2) is 18.2 Å². The van der Waals surface area contributed by atoms with Crippen LogP contribution in [-0.2, 0) is 22.3 Å². The zero-order valence-corrected chi connectivity index (χ0v) is 13.4. The summed E-state index contributed by atoms with van der Waals surface area (Å²) < 4.78 is 52.6. The minimum atomic E-state index is -4.66. The molecule has 8 heteroatoms. The molecule has 0 bridgehead atoms. The lowest BCUT2D eigenvalue weighted by Crippen LogP contribution is -2.58. The Hall–Kier alpha value is -2.12. The van der Waals surface area contributed by atoms with E-state index in [9.17, 15) is 27.2 Å². The van der Waals surface area contributed by atoms with Gasteiger partial charge in [0.1, 0.15) is 11.9 Å². The molecule has 0 saturated carbocycles. The van der Waals surface area contributed by atoms with Gasteiger partial charge in [-0.3, -0.25) is 9.59 Å². The van der Waals surface area contributed by atoms with E-state index in [2.05, 4.69) is 0 Å². The first kappa shape index (κ1) is 18.2. The molecule has 0 spiro atoms. The van der Waals surface area contributed by atoms with Gasteiger partial charge in [0.25, 0.3) is 0 Å². The molecule has 0 unspecified atom stereocenters. The van der Waals surface area contributed by atoms with Gasteiger partial charge in [0.15, 0.2) is 0 Å². The number of halogens is 4. The lowest BCUT2D eigenvalue weighted by atomic mass is 10.0. The molecule has 1 atom stereocenters. The van der Waals surface area contributed by atoms with E-state index in [-0.39, 0.29) is 18.0 Å². The van der Waals surface area contributed by atoms with Crippen molar-refractivity contribution in [2.24, 2.45) is 0 Å². The zero-order valence-electron chi connectivity index (χ0n) is 13.4. The van der Waals surface area contributed by atoms with E-state index in [1.807, 2.05) is 6.92 Å². The first-order valence-electron chi connectivity index (χ1n) is 7.59. The fraction of sp³-hybridized carbons (Fsp3) is 0.500. The number of rotatable bonds is 4. The largest absolute Gasteiger partial charge is 0.416 e. The first-order valence-corrected chi connectivity index (χ1v) is 7.59. The Labute approximate surface area is 137 Å². The number of hydrogen-bond donors (Lipinski definition) is 0. The Bertz CT molecular complexity index is 645. The summed E-state index contributed by atoms with van der Waals surface area (Å²) in [5.41, 5.74) is -1.37. The van der Waals surface area contributed by atoms with Crippen molar-refractivity contribution >= 4 is 11.8 Å². The summed E-state index contributed by atoms with van der Waals surface area (Å²) in [6.07, 6.45) is -3.99. The number of alkyl halides is 3. The molecule has 0 aromatic heterocycles. The van der Waals surface area contributed by atoms with Gasteiger partial charge in [-0.15, -0.1) is 0 Å². The second-order valence-corrected chi connectivity index (χ2v) is 5.76. The summed E-state index contributed by atoms with van der Waals surface area (Å²) in [4.78, 5) is 26.9. The normalized spacial score (nSPS) is 19.2. The second-order valence-electron chi connectivity index (χ2n) is 5.76. The summed E-state index contributed by atoms with van der Waals surface area (Å²) >= 11 is 0. The molecule has 1 saturated heterocycles. The van der Waals surface area contributed by atoms with Gasteiger partial charge in [0.05, 0.1) is 12.1 Å². The van der Waals surface area contributed by atoms with Gasteiger partial charge >= 0.3 is 6.18 Å². The molecule has 1 aromatic rings. The van der Waals surface area contributed by atoms with Gasteiger partial charge in [-0.25, -0.2) is 4.39 Å². The molecular formula is C16H18F4N2O2. The molecule has 2 rings (SSSR count). The van der Waals surface area contributed by atoms with E-state index >= 15 is 0 Å². The van der Waals surface area contributed by atoms with Crippen molar-refractivity contribution in [3.8, 4) is 0 Å². The summed E-state index contributed by atoms with van der Waals surface area (Å²) in [6.45, 7) is 3.11. The number of amides is 2. The summed E-state index contributed by atoms with van der Waals surface area (Å²) in [5, 5.41) is 0. The van der Waals surface area contributed by atoms with Crippen molar-refractivity contribution in [1.29, 1.82) is 0 Å². The van der Waals surface area contributed by atoms with E-state index in [1.54, 1.807) is 0 Å². The zero-order chi connectivity index (χ0) is 18.1. The summed E-state index contributed by atoms with van der Waals surface area (Å²) in [6, 6.07) is 1.24. The maximum atomic E-state index is 13.4. The van der Waals surface area contributed by atoms with Crippen LogP contribution in [0.2, 0.25) is 0 Å². The fourth-order valence-electron chi connectivity index (χ4n) is 2.78. The lowest BCUT2D eigenvalue weighted by Gasteiger charge is -2.39. The molecule has 1 aliphatic rings. The number of piperazine rings is 1. The molecule has 1 aromatic carbocycles. The second kappa shape index (κ2) is 6.78. The van der Waals surface area contributed by atoms with Crippen LogP contribution in [0, 0.1) is 5.82 Å². The summed E-state index contributed by atoms with van der Waals surface area (Å²) in [5.74, 6) is -1.59. The third-order valence-electron chi connectivity index (χ3n) is 3.99. The smallest absolute Gasteiger partial charge is 0.332 e. The Balaban J connectivity index is 2.30. The number of carbonyl (C=O) groups excluding carboxylic acids is 2. The van der Waals surface area contributed by atoms with Gasteiger partial charge < -0.3 is 9.80 Å². The van der Waals surface area contributed by atoms with Crippen molar-refractivity contribution in [3.63, 3.8) is 0 Å². The third kappa shape index (κ3) is 3.68. The van der Waals surface area contributed by atoms with Crippen molar-refractivity contribution in [2.75, 3.05) is 13.1 Å². The molecule has 1 fully saturated rings. The van der Waals surface area contributed by atoms with E-state index < -0.39 is 36.1 Å². The highest BCUT2D eigenvalue weighted by Crippen LogP contribution is 2.33. The quantitative estimate of drug-likeness (QED) is 0.787. The number of benzene rings is 1. The van der Waals surface area contributed by atoms with E-state index in [0.29, 0.717) is 19.0 Å². The average molecular weight is 346 g/mol. The van der Waals surface area contributed by atoms with Crippen molar-refractivity contribution in [1.82, 2.24) is 9.80 Å². The van der Waals surface area contributed by atoms with E-state index in [0.717, 1.165) is 17.0 Å². The lowest BCUT2D eigenvalue weighted by molar-refractivity contribution is -0.156. The topological polar surface area (TPSA) is 40.6 Å². The van der Waals surface area contributed by atoms with Crippen LogP contribution < -0.4 is 0 Å². The van der Waals surface area contributed by atoms with Crippen LogP contribution in [0.1, 0.15) is 31.4 Å². The van der Waals surface area contributed by atoms with Crippen LogP contribution in [0.4, 0.5) is 17.6 Å². The predicted molar refractivity (Wildman–Crippen MR) is 78.3 cm³/mol. The minimum absolute atomic E-state index is 0.173. The van der Waals surface area contributed by atoms with Crippen molar-refractivity contribution < 1.29 is 27.2 Å². The molecule has 0 N–H and O–H groups in total. The van der Waals surface area contributed by atoms with Gasteiger partial charge in [0, 0.05) is 13.1 Å². The standard InChI is InChI=1S/C16H18F4N2O2/c1-3-6-21-9-14(23)22(10(2)15(21)24)8-11-7-12(17)4-5-13(11)16(18,19)20/h4-5,7,10H,3,6,8-9H2,1-2H3/t10-/m1/s1. The highest BCUT2D eigenvalue weighted by Gasteiger charge is 2.38. The number of hydrogen-bond acceptors (Lipinski definition) is 2. The minimum Gasteiger partial charge on any atom is -0.332 e. The van der Waals surface area contributed by atoms with Crippen molar-refractivity contribution in [3.05, 3.63) is 35.1 Å². The highest BCUT2D eigenvalue weighted by atomic mass is 19.4. The van der Waals surface area contributed by atoms with Crippen LogP contribution in [-0.4, -0.2) is 40.7 Å². The Morgan fingerprint density at radius 3 is 2.50 bits per heavy atom. The fourth-order valence-corrected chi connectivity index (χ4v) is 2.78. The Kier molecular flexibility index (Phi) is 5.15. The molecule has 4 nitrogen and oxygen atoms in total. The third-order valence-corrected chi connectivity index (χ3v) is 3.99. The molecule has 0 radical (unpaired) electrons. The van der Waals surface area contributed by atoms with Gasteiger partial charge in [0.2, 0.25) is 11.8 Å². The molecular weight excluding hydrogens is 328 g/mol. The maximum absolute atomic E-state index is 13.4. The summed E-state index contributed by atoms with van der Waals surface area (Å²) in [7, 11) is 0. The number of carbonyl (C=O) groups is 2. The molecule has 24 heavy (non-hydrogen) atoms. The van der Waals surface area contributed by atoms with E-state index in [4.69, 9.17) is 0 Å².